The Morgan fingerprint density at radius 2 is 2.09 bits per heavy atom. The largest absolute Gasteiger partial charge is 0.480 e. The van der Waals surface area contributed by atoms with E-state index in [2.05, 4.69) is 0 Å². The van der Waals surface area contributed by atoms with Crippen molar-refractivity contribution in [2.75, 3.05) is 18.5 Å². The number of aliphatic carboxylic acids is 1. The zero-order valence-electron chi connectivity index (χ0n) is 12.0. The van der Waals surface area contributed by atoms with E-state index in [4.69, 9.17) is 5.11 Å². The van der Waals surface area contributed by atoms with Crippen molar-refractivity contribution in [1.29, 1.82) is 0 Å². The van der Waals surface area contributed by atoms with Gasteiger partial charge in [-0.2, -0.15) is 4.31 Å². The summed E-state index contributed by atoms with van der Waals surface area (Å²) in [6.07, 6.45) is 1.01. The molecule has 1 saturated heterocycles. The van der Waals surface area contributed by atoms with E-state index in [0.717, 1.165) is 4.31 Å². The lowest BCUT2D eigenvalue weighted by Gasteiger charge is -2.21. The van der Waals surface area contributed by atoms with Crippen molar-refractivity contribution >= 4 is 27.6 Å². The molecule has 1 fully saturated rings. The van der Waals surface area contributed by atoms with Gasteiger partial charge in [-0.25, -0.2) is 8.42 Å². The number of likely N-dealkylation sites (N-methyl/N-ethyl adjacent to an activating group) is 1. The Bertz CT molecular complexity index is 758. The predicted molar refractivity (Wildman–Crippen MR) is 78.1 cm³/mol. The van der Waals surface area contributed by atoms with Crippen LogP contribution >= 0.6 is 0 Å². The zero-order chi connectivity index (χ0) is 16.1. The first-order chi connectivity index (χ1) is 10.3. The maximum absolute atomic E-state index is 12.7. The molecular formula is C14H16N2O5S. The number of carbonyl (C=O) groups is 2. The van der Waals surface area contributed by atoms with Crippen LogP contribution in [-0.2, 0) is 26.0 Å². The highest BCUT2D eigenvalue weighted by atomic mass is 32.2. The van der Waals surface area contributed by atoms with Crippen molar-refractivity contribution in [2.45, 2.75) is 30.2 Å². The third-order valence-electron chi connectivity index (χ3n) is 4.22. The second-order valence-electron chi connectivity index (χ2n) is 5.53. The second kappa shape index (κ2) is 5.06. The van der Waals surface area contributed by atoms with Crippen molar-refractivity contribution in [3.63, 3.8) is 0 Å². The summed E-state index contributed by atoms with van der Waals surface area (Å²) < 4.78 is 26.4. The van der Waals surface area contributed by atoms with Crippen LogP contribution in [0.15, 0.2) is 23.1 Å². The number of hydrogen-bond acceptors (Lipinski definition) is 4. The van der Waals surface area contributed by atoms with Crippen LogP contribution in [0.4, 0.5) is 5.69 Å². The Morgan fingerprint density at radius 3 is 2.77 bits per heavy atom. The van der Waals surface area contributed by atoms with Gasteiger partial charge in [-0.15, -0.1) is 0 Å². The zero-order valence-corrected chi connectivity index (χ0v) is 12.8. The average molecular weight is 324 g/mol. The molecular weight excluding hydrogens is 308 g/mol. The summed E-state index contributed by atoms with van der Waals surface area (Å²) >= 11 is 0. The number of hydrogen-bond donors (Lipinski definition) is 1. The van der Waals surface area contributed by atoms with Gasteiger partial charge in [0.05, 0.1) is 11.3 Å². The molecule has 0 bridgehead atoms. The molecule has 0 spiro atoms. The summed E-state index contributed by atoms with van der Waals surface area (Å²) in [7, 11) is -2.22. The van der Waals surface area contributed by atoms with E-state index in [1.165, 1.54) is 17.0 Å². The molecule has 22 heavy (non-hydrogen) atoms. The Morgan fingerprint density at radius 1 is 1.36 bits per heavy atom. The van der Waals surface area contributed by atoms with Gasteiger partial charge >= 0.3 is 5.97 Å². The molecule has 0 radical (unpaired) electrons. The molecule has 1 aromatic rings. The molecule has 7 nitrogen and oxygen atoms in total. The summed E-state index contributed by atoms with van der Waals surface area (Å²) in [5.41, 5.74) is 1.35. The molecule has 0 aromatic heterocycles. The van der Waals surface area contributed by atoms with E-state index in [9.17, 15) is 18.0 Å². The first-order valence-electron chi connectivity index (χ1n) is 6.96. The molecule has 3 rings (SSSR count). The van der Waals surface area contributed by atoms with Crippen LogP contribution < -0.4 is 4.90 Å². The molecule has 1 amide bonds. The molecule has 2 aliphatic rings. The van der Waals surface area contributed by atoms with Crippen LogP contribution in [0.2, 0.25) is 0 Å². The lowest BCUT2D eigenvalue weighted by molar-refractivity contribution is -0.140. The number of carbonyl (C=O) groups excluding carboxylic acids is 1. The highest BCUT2D eigenvalue weighted by Gasteiger charge is 2.40. The van der Waals surface area contributed by atoms with Gasteiger partial charge in [0.1, 0.15) is 6.04 Å². The molecule has 0 unspecified atom stereocenters. The van der Waals surface area contributed by atoms with Gasteiger partial charge in [0.25, 0.3) is 0 Å². The van der Waals surface area contributed by atoms with Crippen molar-refractivity contribution in [3.05, 3.63) is 23.8 Å². The Kier molecular flexibility index (Phi) is 3.45. The van der Waals surface area contributed by atoms with Gasteiger partial charge in [-0.1, -0.05) is 0 Å². The smallest absolute Gasteiger partial charge is 0.322 e. The van der Waals surface area contributed by atoms with Crippen LogP contribution in [0.5, 0.6) is 0 Å². The predicted octanol–water partition coefficient (Wildman–Crippen LogP) is 0.443. The minimum absolute atomic E-state index is 0.0440. The second-order valence-corrected chi connectivity index (χ2v) is 7.42. The van der Waals surface area contributed by atoms with E-state index >= 15 is 0 Å². The van der Waals surface area contributed by atoms with E-state index in [1.54, 1.807) is 13.1 Å². The van der Waals surface area contributed by atoms with Gasteiger partial charge < -0.3 is 10.0 Å². The highest BCUT2D eigenvalue weighted by molar-refractivity contribution is 7.89. The van der Waals surface area contributed by atoms with Crippen LogP contribution in [0.3, 0.4) is 0 Å². The van der Waals surface area contributed by atoms with Crippen LogP contribution in [0, 0.1) is 0 Å². The lowest BCUT2D eigenvalue weighted by Crippen LogP contribution is -2.40. The first-order valence-corrected chi connectivity index (χ1v) is 8.40. The van der Waals surface area contributed by atoms with Crippen molar-refractivity contribution in [2.24, 2.45) is 0 Å². The summed E-state index contributed by atoms with van der Waals surface area (Å²) in [4.78, 5) is 24.4. The quantitative estimate of drug-likeness (QED) is 0.871. The summed E-state index contributed by atoms with van der Waals surface area (Å²) in [6, 6.07) is 3.49. The summed E-state index contributed by atoms with van der Waals surface area (Å²) in [5.74, 6) is -1.22. The van der Waals surface area contributed by atoms with Crippen LogP contribution in [0.1, 0.15) is 18.4 Å². The van der Waals surface area contributed by atoms with Crippen LogP contribution in [0.25, 0.3) is 0 Å². The third kappa shape index (κ3) is 2.19. The van der Waals surface area contributed by atoms with Gasteiger partial charge in [0, 0.05) is 19.3 Å². The van der Waals surface area contributed by atoms with Gasteiger partial charge in [-0.3, -0.25) is 9.59 Å². The Balaban J connectivity index is 1.99. The third-order valence-corrected chi connectivity index (χ3v) is 6.13. The van der Waals surface area contributed by atoms with Crippen molar-refractivity contribution in [1.82, 2.24) is 4.31 Å². The number of carboxylic acid groups (broad SMARTS) is 1. The number of benzene rings is 1. The maximum Gasteiger partial charge on any atom is 0.322 e. The van der Waals surface area contributed by atoms with Crippen LogP contribution in [-0.4, -0.2) is 49.3 Å². The fourth-order valence-corrected chi connectivity index (χ4v) is 4.72. The number of anilines is 1. The number of rotatable bonds is 3. The SMILES string of the molecule is CN1C(=O)Cc2cc(S(=O)(=O)N3CCC[C@H]3C(=O)O)ccc21. The Hall–Kier alpha value is -1.93. The lowest BCUT2D eigenvalue weighted by atomic mass is 10.2. The Labute approximate surface area is 128 Å². The van der Waals surface area contributed by atoms with E-state index in [0.29, 0.717) is 24.1 Å². The number of fused-ring (bicyclic) bond motifs is 1. The fraction of sp³-hybridized carbons (Fsp3) is 0.429. The molecule has 1 aromatic carbocycles. The molecule has 118 valence electrons. The first kappa shape index (κ1) is 15.0. The fourth-order valence-electron chi connectivity index (χ4n) is 3.02. The number of sulfonamides is 1. The molecule has 0 aliphatic carbocycles. The summed E-state index contributed by atoms with van der Waals surface area (Å²) in [5, 5.41) is 9.16. The van der Waals surface area contributed by atoms with Gasteiger partial charge in [0.15, 0.2) is 0 Å². The molecule has 1 N–H and O–H groups in total. The molecule has 2 aliphatic heterocycles. The standard InChI is InChI=1S/C14H16N2O5S/c1-15-11-5-4-10(7-9(11)8-13(15)17)22(20,21)16-6-2-3-12(16)14(18)19/h4-5,7,12H,2-3,6,8H2,1H3,(H,18,19)/t12-/m0/s1. The monoisotopic (exact) mass is 324 g/mol. The maximum atomic E-state index is 12.7. The van der Waals surface area contributed by atoms with Gasteiger partial charge in [-0.05, 0) is 36.6 Å². The minimum Gasteiger partial charge on any atom is -0.480 e. The highest BCUT2D eigenvalue weighted by Crippen LogP contribution is 2.32. The normalized spacial score (nSPS) is 22.1. The molecule has 8 heteroatoms. The average Bonchev–Trinajstić information content (AvgIpc) is 3.05. The minimum atomic E-state index is -3.87. The van der Waals surface area contributed by atoms with E-state index in [-0.39, 0.29) is 23.8 Å². The number of nitrogens with zero attached hydrogens (tertiary/aromatic N) is 2. The van der Waals surface area contributed by atoms with E-state index in [1.807, 2.05) is 0 Å². The number of carboxylic acids is 1. The van der Waals surface area contributed by atoms with Gasteiger partial charge in [0.2, 0.25) is 15.9 Å². The van der Waals surface area contributed by atoms with E-state index < -0.39 is 22.0 Å². The summed E-state index contributed by atoms with van der Waals surface area (Å²) in [6.45, 7) is 0.204. The molecule has 0 saturated carbocycles. The number of amides is 1. The molecule has 1 atom stereocenters. The van der Waals surface area contributed by atoms with Crippen molar-refractivity contribution < 1.29 is 23.1 Å². The topological polar surface area (TPSA) is 95.0 Å². The molecule has 2 heterocycles. The van der Waals surface area contributed by atoms with Crippen molar-refractivity contribution in [3.8, 4) is 0 Å².